The fraction of sp³-hybridized carbons (Fsp3) is 0.0625. The molecule has 0 aliphatic heterocycles. The van der Waals surface area contributed by atoms with Crippen molar-refractivity contribution >= 4 is 51.2 Å². The van der Waals surface area contributed by atoms with Gasteiger partial charge in [0.15, 0.2) is 10.8 Å². The van der Waals surface area contributed by atoms with E-state index in [0.717, 1.165) is 0 Å². The molecule has 0 spiro atoms. The topological polar surface area (TPSA) is 107 Å². The minimum absolute atomic E-state index is 0.0390. The summed E-state index contributed by atoms with van der Waals surface area (Å²) in [6.45, 7) is 1.66. The van der Waals surface area contributed by atoms with Gasteiger partial charge in [0.05, 0.1) is 10.9 Å². The van der Waals surface area contributed by atoms with Gasteiger partial charge in [0, 0.05) is 11.1 Å². The molecule has 0 fully saturated rings. The molecule has 1 unspecified atom stereocenters. The van der Waals surface area contributed by atoms with Gasteiger partial charge in [-0.05, 0) is 43.4 Å². The van der Waals surface area contributed by atoms with E-state index in [1.165, 1.54) is 22.9 Å². The molecule has 4 N–H and O–H groups in total. The van der Waals surface area contributed by atoms with Crippen molar-refractivity contribution in [1.29, 1.82) is 0 Å². The zero-order valence-corrected chi connectivity index (χ0v) is 15.1. The minimum atomic E-state index is -1.15. The molecule has 0 radical (unpaired) electrons. The number of thiocarbonyl (C=S) groups is 1. The standard InChI is InChI=1S/C16H14ClN5O3S/c1-9-18-12-5-3-2-4-11(12)15(23)21(9)20-16(26)19-13-7-6-10(17)8-14(13)22(24)25/h2-8,22,24H,1H3,(H2,19,20,26). The van der Waals surface area contributed by atoms with Gasteiger partial charge in [0.2, 0.25) is 0 Å². The SMILES string of the molecule is Cc1nc2ccccc2c(=O)n1NC(=S)Nc1ccc(Cl)cc1[NH+]([O-])O. The molecule has 0 saturated heterocycles. The molecule has 3 rings (SSSR count). The predicted octanol–water partition coefficient (Wildman–Crippen LogP) is 1.70. The summed E-state index contributed by atoms with van der Waals surface area (Å²) < 4.78 is 1.20. The Morgan fingerprint density at radius 3 is 2.81 bits per heavy atom. The lowest BCUT2D eigenvalue weighted by Gasteiger charge is -2.19. The van der Waals surface area contributed by atoms with E-state index in [0.29, 0.717) is 16.7 Å². The molecule has 0 aliphatic rings. The molecular formula is C16H14ClN5O3S. The second kappa shape index (κ2) is 7.36. The summed E-state index contributed by atoms with van der Waals surface area (Å²) in [6.07, 6.45) is 0. The van der Waals surface area contributed by atoms with Gasteiger partial charge in [0.1, 0.15) is 11.5 Å². The highest BCUT2D eigenvalue weighted by atomic mass is 35.5. The molecule has 134 valence electrons. The highest BCUT2D eigenvalue weighted by molar-refractivity contribution is 7.80. The summed E-state index contributed by atoms with van der Waals surface area (Å²) in [5.41, 5.74) is 3.21. The van der Waals surface area contributed by atoms with Crippen LogP contribution in [0.3, 0.4) is 0 Å². The summed E-state index contributed by atoms with van der Waals surface area (Å²) in [5, 5.41) is 23.0. The van der Waals surface area contributed by atoms with Crippen LogP contribution in [0.15, 0.2) is 47.3 Å². The molecule has 0 bridgehead atoms. The molecule has 0 saturated carbocycles. The van der Waals surface area contributed by atoms with Crippen molar-refractivity contribution in [1.82, 2.24) is 9.66 Å². The summed E-state index contributed by atoms with van der Waals surface area (Å²) in [7, 11) is 0. The van der Waals surface area contributed by atoms with Crippen LogP contribution in [-0.4, -0.2) is 20.0 Å². The van der Waals surface area contributed by atoms with Crippen molar-refractivity contribution in [2.24, 2.45) is 0 Å². The van der Waals surface area contributed by atoms with Crippen molar-refractivity contribution in [2.45, 2.75) is 6.92 Å². The molecule has 1 atom stereocenters. The van der Waals surface area contributed by atoms with Crippen LogP contribution < -0.4 is 21.5 Å². The lowest BCUT2D eigenvalue weighted by Crippen LogP contribution is -2.99. The number of hydrogen-bond donors (Lipinski definition) is 4. The number of para-hydroxylation sites is 1. The van der Waals surface area contributed by atoms with E-state index in [-0.39, 0.29) is 27.1 Å². The highest BCUT2D eigenvalue weighted by Crippen LogP contribution is 2.22. The second-order valence-electron chi connectivity index (χ2n) is 5.38. The van der Waals surface area contributed by atoms with Crippen LogP contribution in [0.4, 0.5) is 11.4 Å². The van der Waals surface area contributed by atoms with Crippen LogP contribution in [0, 0.1) is 12.1 Å². The van der Waals surface area contributed by atoms with Gasteiger partial charge in [-0.1, -0.05) is 23.7 Å². The summed E-state index contributed by atoms with van der Waals surface area (Å²) in [4.78, 5) is 17.0. The van der Waals surface area contributed by atoms with E-state index in [2.05, 4.69) is 15.7 Å². The van der Waals surface area contributed by atoms with Crippen LogP contribution in [0.25, 0.3) is 10.9 Å². The van der Waals surface area contributed by atoms with Gasteiger partial charge >= 0.3 is 0 Å². The van der Waals surface area contributed by atoms with Crippen molar-refractivity contribution < 1.29 is 10.4 Å². The summed E-state index contributed by atoms with van der Waals surface area (Å²) >= 11 is 11.0. The van der Waals surface area contributed by atoms with Gasteiger partial charge in [-0.3, -0.25) is 10.2 Å². The first-order chi connectivity index (χ1) is 12.4. The Morgan fingerprint density at radius 1 is 1.35 bits per heavy atom. The minimum Gasteiger partial charge on any atom is -0.595 e. The normalized spacial score (nSPS) is 12.0. The Kier molecular flexibility index (Phi) is 5.16. The second-order valence-corrected chi connectivity index (χ2v) is 6.22. The third-order valence-corrected chi connectivity index (χ3v) is 4.05. The quantitative estimate of drug-likeness (QED) is 0.397. The molecule has 0 aliphatic carbocycles. The number of halogens is 1. The third-order valence-electron chi connectivity index (χ3n) is 3.62. The first-order valence-electron chi connectivity index (χ1n) is 7.46. The average molecular weight is 392 g/mol. The number of quaternary nitrogens is 1. The number of benzene rings is 2. The maximum atomic E-state index is 12.6. The number of aromatic nitrogens is 2. The molecule has 0 amide bonds. The summed E-state index contributed by atoms with van der Waals surface area (Å²) in [5.74, 6) is 0.410. The van der Waals surface area contributed by atoms with Crippen molar-refractivity contribution in [3.63, 3.8) is 0 Å². The molecule has 3 aromatic rings. The van der Waals surface area contributed by atoms with Crippen molar-refractivity contribution in [3.8, 4) is 0 Å². The lowest BCUT2D eigenvalue weighted by atomic mass is 10.2. The van der Waals surface area contributed by atoms with Gasteiger partial charge in [-0.25, -0.2) is 14.9 Å². The highest BCUT2D eigenvalue weighted by Gasteiger charge is 2.13. The van der Waals surface area contributed by atoms with E-state index >= 15 is 0 Å². The maximum Gasteiger partial charge on any atom is 0.280 e. The van der Waals surface area contributed by atoms with E-state index < -0.39 is 5.23 Å². The fourth-order valence-corrected chi connectivity index (χ4v) is 2.80. The number of rotatable bonds is 3. The Morgan fingerprint density at radius 2 is 2.08 bits per heavy atom. The molecule has 1 aromatic heterocycles. The van der Waals surface area contributed by atoms with Crippen LogP contribution in [-0.2, 0) is 0 Å². The molecule has 10 heteroatoms. The first-order valence-corrected chi connectivity index (χ1v) is 8.24. The Bertz CT molecular complexity index is 1050. The van der Waals surface area contributed by atoms with Crippen molar-refractivity contribution in [2.75, 3.05) is 10.7 Å². The predicted molar refractivity (Wildman–Crippen MR) is 104 cm³/mol. The average Bonchev–Trinajstić information content (AvgIpc) is 2.60. The van der Waals surface area contributed by atoms with Gasteiger partial charge in [0.25, 0.3) is 5.56 Å². The number of hydrogen-bond acceptors (Lipinski definition) is 5. The number of nitrogens with zero attached hydrogens (tertiary/aromatic N) is 2. The van der Waals surface area contributed by atoms with Crippen LogP contribution >= 0.6 is 23.8 Å². The Balaban J connectivity index is 1.90. The van der Waals surface area contributed by atoms with Gasteiger partial charge in [-0.15, -0.1) is 0 Å². The van der Waals surface area contributed by atoms with Crippen LogP contribution in [0.5, 0.6) is 0 Å². The Hall–Kier alpha value is -2.56. The molecule has 2 aromatic carbocycles. The number of nitrogens with one attached hydrogen (secondary N) is 3. The van der Waals surface area contributed by atoms with Crippen LogP contribution in [0.2, 0.25) is 5.02 Å². The number of aryl methyl sites for hydroxylation is 1. The number of fused-ring (bicyclic) bond motifs is 1. The summed E-state index contributed by atoms with van der Waals surface area (Å²) in [6, 6.07) is 11.3. The molecule has 1 heterocycles. The van der Waals surface area contributed by atoms with Crippen molar-refractivity contribution in [3.05, 3.63) is 68.9 Å². The zero-order chi connectivity index (χ0) is 18.8. The monoisotopic (exact) mass is 391 g/mol. The Labute approximate surface area is 158 Å². The molecule has 8 nitrogen and oxygen atoms in total. The zero-order valence-electron chi connectivity index (χ0n) is 13.5. The molecular weight excluding hydrogens is 378 g/mol. The van der Waals surface area contributed by atoms with Crippen LogP contribution in [0.1, 0.15) is 5.82 Å². The van der Waals surface area contributed by atoms with E-state index in [9.17, 15) is 15.2 Å². The molecule has 26 heavy (non-hydrogen) atoms. The third kappa shape index (κ3) is 3.66. The van der Waals surface area contributed by atoms with Gasteiger partial charge < -0.3 is 10.5 Å². The maximum absolute atomic E-state index is 12.6. The lowest BCUT2D eigenvalue weighted by molar-refractivity contribution is -0.990. The number of anilines is 1. The largest absolute Gasteiger partial charge is 0.595 e. The first kappa shape index (κ1) is 18.2. The smallest absolute Gasteiger partial charge is 0.280 e. The van der Waals surface area contributed by atoms with E-state index in [4.69, 9.17) is 23.8 Å². The van der Waals surface area contributed by atoms with Gasteiger partial charge in [-0.2, -0.15) is 5.23 Å². The fourth-order valence-electron chi connectivity index (χ4n) is 2.43. The van der Waals surface area contributed by atoms with E-state index in [1.807, 2.05) is 0 Å². The van der Waals surface area contributed by atoms with E-state index in [1.54, 1.807) is 31.2 Å².